The summed E-state index contributed by atoms with van der Waals surface area (Å²) in [5, 5.41) is 0. The van der Waals surface area contributed by atoms with Crippen molar-refractivity contribution in [3.8, 4) is 0 Å². The van der Waals surface area contributed by atoms with Crippen LogP contribution in [0.25, 0.3) is 0 Å². The second-order valence-electron chi connectivity index (χ2n) is 5.80. The van der Waals surface area contributed by atoms with Crippen LogP contribution in [0.2, 0.25) is 0 Å². The van der Waals surface area contributed by atoms with Crippen LogP contribution in [0, 0.1) is 5.41 Å². The molecule has 0 saturated carbocycles. The predicted molar refractivity (Wildman–Crippen MR) is 89.5 cm³/mol. The summed E-state index contributed by atoms with van der Waals surface area (Å²) in [6.45, 7) is 9.24. The third kappa shape index (κ3) is 11.5. The maximum Gasteiger partial charge on any atom is 0.311 e. The molecule has 0 aromatic heterocycles. The third-order valence-corrected chi connectivity index (χ3v) is 3.48. The van der Waals surface area contributed by atoms with Crippen LogP contribution in [-0.4, -0.2) is 58.6 Å². The molecule has 0 spiro atoms. The van der Waals surface area contributed by atoms with Gasteiger partial charge in [-0.25, -0.2) is 0 Å². The summed E-state index contributed by atoms with van der Waals surface area (Å²) < 4.78 is 30.6. The van der Waals surface area contributed by atoms with Crippen LogP contribution in [-0.2, 0) is 38.0 Å². The minimum atomic E-state index is -0.561. The zero-order valence-corrected chi connectivity index (χ0v) is 15.6. The Morgan fingerprint density at radius 1 is 1.16 bits per heavy atom. The van der Waals surface area contributed by atoms with E-state index in [0.717, 1.165) is 0 Å². The maximum absolute atomic E-state index is 12.0. The number of esters is 2. The van der Waals surface area contributed by atoms with E-state index in [-0.39, 0.29) is 51.8 Å². The van der Waals surface area contributed by atoms with Crippen molar-refractivity contribution in [1.29, 1.82) is 0 Å². The zero-order chi connectivity index (χ0) is 19.1. The monoisotopic (exact) mass is 362 g/mol. The first-order valence-corrected chi connectivity index (χ1v) is 8.11. The highest BCUT2D eigenvalue weighted by Crippen LogP contribution is 2.21. The highest BCUT2D eigenvalue weighted by molar-refractivity contribution is 5.75. The summed E-state index contributed by atoms with van der Waals surface area (Å²) in [5.74, 6) is -0.672. The van der Waals surface area contributed by atoms with Crippen molar-refractivity contribution in [1.82, 2.24) is 0 Å². The molecule has 0 aliphatic heterocycles. The summed E-state index contributed by atoms with van der Waals surface area (Å²) in [5.41, 5.74) is -0.561. The highest BCUT2D eigenvalue weighted by atomic mass is 16.7. The Kier molecular flexibility index (Phi) is 12.7. The van der Waals surface area contributed by atoms with Gasteiger partial charge in [-0.15, -0.1) is 0 Å². The van der Waals surface area contributed by atoms with Gasteiger partial charge in [-0.2, -0.15) is 0 Å². The quantitative estimate of drug-likeness (QED) is 0.189. The van der Waals surface area contributed by atoms with Gasteiger partial charge in [0, 0.05) is 0 Å². The van der Waals surface area contributed by atoms with E-state index in [1.165, 1.54) is 13.4 Å². The molecule has 0 radical (unpaired) electrons. The van der Waals surface area contributed by atoms with Gasteiger partial charge in [-0.05, 0) is 20.3 Å². The van der Waals surface area contributed by atoms with Gasteiger partial charge in [-0.1, -0.05) is 13.5 Å². The molecule has 0 aliphatic rings. The van der Waals surface area contributed by atoms with Gasteiger partial charge in [0.15, 0.2) is 6.79 Å². The topological polar surface area (TPSA) is 89.5 Å². The van der Waals surface area contributed by atoms with Crippen LogP contribution in [0.1, 0.15) is 33.6 Å². The molecular weight excluding hydrogens is 332 g/mol. The second kappa shape index (κ2) is 13.6. The Bertz CT molecular complexity index is 394. The molecule has 8 heteroatoms. The molecule has 146 valence electrons. The highest BCUT2D eigenvalue weighted by Gasteiger charge is 2.28. The lowest BCUT2D eigenvalue weighted by Gasteiger charge is -2.23. The van der Waals surface area contributed by atoms with Gasteiger partial charge in [-0.3, -0.25) is 9.59 Å². The lowest BCUT2D eigenvalue weighted by molar-refractivity contribution is -0.171. The lowest BCUT2D eigenvalue weighted by atomic mass is 9.91. The molecule has 0 bridgehead atoms. The molecule has 8 nitrogen and oxygen atoms in total. The summed E-state index contributed by atoms with van der Waals surface area (Å²) >= 11 is 0. The van der Waals surface area contributed by atoms with E-state index >= 15 is 0 Å². The molecule has 0 aliphatic carbocycles. The number of ether oxygens (including phenoxy) is 6. The Morgan fingerprint density at radius 3 is 2.48 bits per heavy atom. The molecule has 0 aromatic rings. The van der Waals surface area contributed by atoms with E-state index < -0.39 is 11.5 Å². The molecule has 0 N–H and O–H groups in total. The van der Waals surface area contributed by atoms with Crippen molar-refractivity contribution in [2.24, 2.45) is 5.41 Å². The minimum Gasteiger partial charge on any atom is -0.476 e. The molecule has 1 atom stereocenters. The fraction of sp³-hybridized carbons (Fsp3) is 0.765. The normalized spacial score (nSPS) is 12.3. The van der Waals surface area contributed by atoms with Crippen molar-refractivity contribution in [3.63, 3.8) is 0 Å². The maximum atomic E-state index is 12.0. The number of carbonyl (C=O) groups is 2. The van der Waals surface area contributed by atoms with Crippen LogP contribution in [0.3, 0.4) is 0 Å². The van der Waals surface area contributed by atoms with Crippen molar-refractivity contribution in [3.05, 3.63) is 12.8 Å². The Labute approximate surface area is 149 Å². The van der Waals surface area contributed by atoms with Gasteiger partial charge in [0.25, 0.3) is 0 Å². The summed E-state index contributed by atoms with van der Waals surface area (Å²) in [6.07, 6.45) is 1.53. The largest absolute Gasteiger partial charge is 0.476 e. The van der Waals surface area contributed by atoms with Crippen molar-refractivity contribution in [2.75, 3.05) is 40.5 Å². The van der Waals surface area contributed by atoms with E-state index in [2.05, 4.69) is 11.3 Å². The first-order valence-electron chi connectivity index (χ1n) is 8.11. The standard InChI is InChI=1S/C17H30O8/c1-6-17(3,4)16(19)24-11-14(10-23-12-21-7-2)25-13-22-9-8-15(18)20-5/h7,14H,2,6,8-13H2,1,3-5H3. The van der Waals surface area contributed by atoms with Crippen LogP contribution >= 0.6 is 0 Å². The average molecular weight is 362 g/mol. The molecule has 1 unspecified atom stereocenters. The SMILES string of the molecule is C=COCOCC(COC(=O)C(C)(C)CC)OCOCCC(=O)OC. The molecule has 0 amide bonds. The number of carbonyl (C=O) groups excluding carboxylic acids is 2. The van der Waals surface area contributed by atoms with Crippen LogP contribution in [0.4, 0.5) is 0 Å². The third-order valence-electron chi connectivity index (χ3n) is 3.48. The molecule has 0 heterocycles. The fourth-order valence-corrected chi connectivity index (χ4v) is 1.39. The van der Waals surface area contributed by atoms with Gasteiger partial charge in [0.1, 0.15) is 19.5 Å². The molecule has 0 rings (SSSR count). The Hall–Kier alpha value is -1.64. The van der Waals surface area contributed by atoms with E-state index in [0.29, 0.717) is 6.42 Å². The van der Waals surface area contributed by atoms with E-state index in [1.807, 2.05) is 20.8 Å². The number of methoxy groups -OCH3 is 1. The molecule has 0 saturated heterocycles. The van der Waals surface area contributed by atoms with Crippen molar-refractivity contribution < 1.29 is 38.0 Å². The number of hydrogen-bond acceptors (Lipinski definition) is 8. The van der Waals surface area contributed by atoms with Gasteiger partial charge in [0.2, 0.25) is 0 Å². The van der Waals surface area contributed by atoms with E-state index in [1.54, 1.807) is 0 Å². The van der Waals surface area contributed by atoms with Crippen molar-refractivity contribution in [2.45, 2.75) is 39.7 Å². The summed E-state index contributed by atoms with van der Waals surface area (Å²) in [6, 6.07) is 0. The van der Waals surface area contributed by atoms with Crippen LogP contribution in [0.15, 0.2) is 12.8 Å². The Morgan fingerprint density at radius 2 is 1.88 bits per heavy atom. The summed E-state index contributed by atoms with van der Waals surface area (Å²) in [7, 11) is 1.31. The van der Waals surface area contributed by atoms with E-state index in [4.69, 9.17) is 23.7 Å². The lowest BCUT2D eigenvalue weighted by Crippen LogP contribution is -2.33. The van der Waals surface area contributed by atoms with Gasteiger partial charge < -0.3 is 28.4 Å². The minimum absolute atomic E-state index is 0.0148. The van der Waals surface area contributed by atoms with Crippen molar-refractivity contribution >= 4 is 11.9 Å². The predicted octanol–water partition coefficient (Wildman–Crippen LogP) is 2.02. The number of rotatable bonds is 15. The van der Waals surface area contributed by atoms with Crippen LogP contribution in [0.5, 0.6) is 0 Å². The first-order chi connectivity index (χ1) is 11.9. The molecule has 25 heavy (non-hydrogen) atoms. The zero-order valence-electron chi connectivity index (χ0n) is 15.6. The molecule has 0 aromatic carbocycles. The Balaban J connectivity index is 4.23. The average Bonchev–Trinajstić information content (AvgIpc) is 2.61. The number of hydrogen-bond donors (Lipinski definition) is 0. The second-order valence-corrected chi connectivity index (χ2v) is 5.80. The van der Waals surface area contributed by atoms with Gasteiger partial charge in [0.05, 0.1) is 38.4 Å². The first kappa shape index (κ1) is 23.4. The van der Waals surface area contributed by atoms with Gasteiger partial charge >= 0.3 is 11.9 Å². The fourth-order valence-electron chi connectivity index (χ4n) is 1.39. The molecular formula is C17H30O8. The smallest absolute Gasteiger partial charge is 0.311 e. The molecule has 0 fully saturated rings. The summed E-state index contributed by atoms with van der Waals surface area (Å²) in [4.78, 5) is 23.0. The van der Waals surface area contributed by atoms with E-state index in [9.17, 15) is 9.59 Å². The van der Waals surface area contributed by atoms with Crippen LogP contribution < -0.4 is 0 Å².